The SMILES string of the molecule is CCN(Cc1nc2ccccc2c(=O)[nH]1)C(=O)CCc1nc(-c2ccccc2)c(-c2ccccc2)o1. The fourth-order valence-electron chi connectivity index (χ4n) is 4.19. The van der Waals surface area contributed by atoms with Gasteiger partial charge in [0.15, 0.2) is 11.7 Å². The third kappa shape index (κ3) is 4.95. The Hall–Kier alpha value is -4.52. The number of aryl methyl sites for hydroxylation is 1. The Morgan fingerprint density at radius 1 is 0.889 bits per heavy atom. The van der Waals surface area contributed by atoms with Crippen LogP contribution in [0.15, 0.2) is 94.1 Å². The van der Waals surface area contributed by atoms with Gasteiger partial charge in [0.25, 0.3) is 5.56 Å². The van der Waals surface area contributed by atoms with E-state index in [-0.39, 0.29) is 24.4 Å². The third-order valence-corrected chi connectivity index (χ3v) is 6.04. The number of carbonyl (C=O) groups excluding carboxylic acids is 1. The molecule has 0 spiro atoms. The number of H-pyrrole nitrogens is 1. The zero-order valence-corrected chi connectivity index (χ0v) is 20.0. The van der Waals surface area contributed by atoms with Crippen molar-refractivity contribution in [3.05, 3.63) is 107 Å². The second-order valence-electron chi connectivity index (χ2n) is 8.46. The highest BCUT2D eigenvalue weighted by atomic mass is 16.4. The summed E-state index contributed by atoms with van der Waals surface area (Å²) < 4.78 is 6.16. The molecule has 3 aromatic carbocycles. The van der Waals surface area contributed by atoms with Gasteiger partial charge in [-0.05, 0) is 19.1 Å². The van der Waals surface area contributed by atoms with Crippen LogP contribution >= 0.6 is 0 Å². The summed E-state index contributed by atoms with van der Waals surface area (Å²) in [6.07, 6.45) is 0.596. The smallest absolute Gasteiger partial charge is 0.258 e. The van der Waals surface area contributed by atoms with E-state index < -0.39 is 0 Å². The van der Waals surface area contributed by atoms with E-state index in [4.69, 9.17) is 9.40 Å². The maximum atomic E-state index is 13.1. The molecule has 0 aliphatic heterocycles. The highest BCUT2D eigenvalue weighted by Gasteiger charge is 2.19. The Kier molecular flexibility index (Phi) is 6.71. The number of amides is 1. The van der Waals surface area contributed by atoms with Gasteiger partial charge in [-0.3, -0.25) is 9.59 Å². The summed E-state index contributed by atoms with van der Waals surface area (Å²) in [4.78, 5) is 39.2. The first-order valence-electron chi connectivity index (χ1n) is 12.0. The summed E-state index contributed by atoms with van der Waals surface area (Å²) in [7, 11) is 0. The topological polar surface area (TPSA) is 92.1 Å². The largest absolute Gasteiger partial charge is 0.440 e. The number of benzene rings is 3. The number of hydrogen-bond acceptors (Lipinski definition) is 5. The highest BCUT2D eigenvalue weighted by molar-refractivity contribution is 5.79. The number of aromatic amines is 1. The zero-order valence-electron chi connectivity index (χ0n) is 20.0. The van der Waals surface area contributed by atoms with Crippen LogP contribution in [0.3, 0.4) is 0 Å². The van der Waals surface area contributed by atoms with Gasteiger partial charge in [-0.2, -0.15) is 0 Å². The monoisotopic (exact) mass is 478 g/mol. The van der Waals surface area contributed by atoms with Gasteiger partial charge in [-0.1, -0.05) is 72.8 Å². The minimum absolute atomic E-state index is 0.0611. The molecule has 0 radical (unpaired) electrons. The summed E-state index contributed by atoms with van der Waals surface area (Å²) >= 11 is 0. The number of nitrogens with zero attached hydrogens (tertiary/aromatic N) is 3. The molecule has 0 aliphatic carbocycles. The molecular weight excluding hydrogens is 452 g/mol. The van der Waals surface area contributed by atoms with Crippen molar-refractivity contribution in [2.24, 2.45) is 0 Å². The fraction of sp³-hybridized carbons (Fsp3) is 0.172. The first kappa shape index (κ1) is 23.2. The molecule has 2 heterocycles. The maximum Gasteiger partial charge on any atom is 0.258 e. The van der Waals surface area contributed by atoms with Crippen molar-refractivity contribution in [3.63, 3.8) is 0 Å². The van der Waals surface area contributed by atoms with Crippen molar-refractivity contribution in [1.82, 2.24) is 19.9 Å². The van der Waals surface area contributed by atoms with Crippen molar-refractivity contribution in [2.45, 2.75) is 26.3 Å². The summed E-state index contributed by atoms with van der Waals surface area (Å²) in [5.41, 5.74) is 3.05. The van der Waals surface area contributed by atoms with Crippen LogP contribution < -0.4 is 5.56 Å². The Morgan fingerprint density at radius 3 is 2.28 bits per heavy atom. The Labute approximate surface area is 208 Å². The van der Waals surface area contributed by atoms with Gasteiger partial charge in [0.05, 0.1) is 17.4 Å². The van der Waals surface area contributed by atoms with E-state index in [9.17, 15) is 9.59 Å². The molecule has 36 heavy (non-hydrogen) atoms. The molecule has 0 saturated heterocycles. The van der Waals surface area contributed by atoms with Gasteiger partial charge in [0.1, 0.15) is 11.5 Å². The molecule has 1 amide bonds. The van der Waals surface area contributed by atoms with E-state index >= 15 is 0 Å². The van der Waals surface area contributed by atoms with Crippen LogP contribution in [0, 0.1) is 0 Å². The molecule has 2 aromatic heterocycles. The summed E-state index contributed by atoms with van der Waals surface area (Å²) in [5, 5.41) is 0.531. The first-order valence-corrected chi connectivity index (χ1v) is 12.0. The number of oxazole rings is 1. The Morgan fingerprint density at radius 2 is 1.56 bits per heavy atom. The van der Waals surface area contributed by atoms with E-state index in [1.165, 1.54) is 0 Å². The van der Waals surface area contributed by atoms with E-state index in [1.807, 2.05) is 73.7 Å². The fourth-order valence-corrected chi connectivity index (χ4v) is 4.19. The number of rotatable bonds is 8. The lowest BCUT2D eigenvalue weighted by Crippen LogP contribution is -2.32. The van der Waals surface area contributed by atoms with Gasteiger partial charge < -0.3 is 14.3 Å². The molecule has 7 nitrogen and oxygen atoms in total. The summed E-state index contributed by atoms with van der Waals surface area (Å²) in [6, 6.07) is 26.9. The number of hydrogen-bond donors (Lipinski definition) is 1. The minimum atomic E-state index is -0.208. The molecule has 5 rings (SSSR count). The molecule has 0 fully saturated rings. The first-order chi connectivity index (χ1) is 17.6. The molecule has 1 N–H and O–H groups in total. The number of fused-ring (bicyclic) bond motifs is 1. The minimum Gasteiger partial charge on any atom is -0.440 e. The molecule has 180 valence electrons. The van der Waals surface area contributed by atoms with Crippen LogP contribution in [0.1, 0.15) is 25.1 Å². The Balaban J connectivity index is 1.34. The molecule has 0 atom stereocenters. The standard InChI is InChI=1S/C29H26N4O3/c1-2-33(19-24-30-23-16-10-9-15-22(23)29(35)31-24)26(34)18-17-25-32-27(20-11-5-3-6-12-20)28(36-25)21-13-7-4-8-14-21/h3-16H,2,17-19H2,1H3,(H,30,31,35). The molecular formula is C29H26N4O3. The lowest BCUT2D eigenvalue weighted by Gasteiger charge is -2.20. The van der Waals surface area contributed by atoms with E-state index in [0.717, 1.165) is 16.8 Å². The van der Waals surface area contributed by atoms with Gasteiger partial charge in [-0.25, -0.2) is 9.97 Å². The molecule has 0 unspecified atom stereocenters. The maximum absolute atomic E-state index is 13.1. The summed E-state index contributed by atoms with van der Waals surface area (Å²) in [6.45, 7) is 2.63. The van der Waals surface area contributed by atoms with Crippen molar-refractivity contribution >= 4 is 16.8 Å². The van der Waals surface area contributed by atoms with Crippen LogP contribution in [0.4, 0.5) is 0 Å². The second kappa shape index (κ2) is 10.4. The van der Waals surface area contributed by atoms with E-state index in [0.29, 0.717) is 41.3 Å². The second-order valence-corrected chi connectivity index (χ2v) is 8.46. The molecule has 0 saturated carbocycles. The van der Waals surface area contributed by atoms with Gasteiger partial charge in [-0.15, -0.1) is 0 Å². The normalized spacial score (nSPS) is 11.0. The summed E-state index contributed by atoms with van der Waals surface area (Å²) in [5.74, 6) is 1.60. The number of nitrogens with one attached hydrogen (secondary N) is 1. The third-order valence-electron chi connectivity index (χ3n) is 6.04. The Bertz CT molecular complexity index is 1480. The van der Waals surface area contributed by atoms with Crippen molar-refractivity contribution in [3.8, 4) is 22.6 Å². The van der Waals surface area contributed by atoms with E-state index in [2.05, 4.69) is 9.97 Å². The number of aromatic nitrogens is 3. The quantitative estimate of drug-likeness (QED) is 0.330. The van der Waals surface area contributed by atoms with Gasteiger partial charge >= 0.3 is 0 Å². The molecule has 0 bridgehead atoms. The predicted molar refractivity (Wildman–Crippen MR) is 139 cm³/mol. The number of para-hydroxylation sites is 1. The van der Waals surface area contributed by atoms with Crippen LogP contribution in [0.5, 0.6) is 0 Å². The lowest BCUT2D eigenvalue weighted by atomic mass is 10.1. The van der Waals surface area contributed by atoms with Crippen LogP contribution in [-0.4, -0.2) is 32.3 Å². The van der Waals surface area contributed by atoms with Crippen molar-refractivity contribution in [2.75, 3.05) is 6.54 Å². The molecule has 0 aliphatic rings. The van der Waals surface area contributed by atoms with E-state index in [1.54, 1.807) is 23.1 Å². The van der Waals surface area contributed by atoms with Crippen LogP contribution in [0.25, 0.3) is 33.5 Å². The lowest BCUT2D eigenvalue weighted by molar-refractivity contribution is -0.131. The number of carbonyl (C=O) groups is 1. The molecule has 5 aromatic rings. The molecule has 7 heteroatoms. The van der Waals surface area contributed by atoms with Crippen LogP contribution in [0.2, 0.25) is 0 Å². The average Bonchev–Trinajstić information content (AvgIpc) is 3.36. The predicted octanol–water partition coefficient (Wildman–Crippen LogP) is 5.23. The zero-order chi connectivity index (χ0) is 24.9. The van der Waals surface area contributed by atoms with Gasteiger partial charge in [0, 0.05) is 30.5 Å². The average molecular weight is 479 g/mol. The van der Waals surface area contributed by atoms with Crippen molar-refractivity contribution in [1.29, 1.82) is 0 Å². The van der Waals surface area contributed by atoms with Crippen LogP contribution in [-0.2, 0) is 17.8 Å². The highest BCUT2D eigenvalue weighted by Crippen LogP contribution is 2.32. The van der Waals surface area contributed by atoms with Gasteiger partial charge in [0.2, 0.25) is 5.91 Å². The van der Waals surface area contributed by atoms with Crippen molar-refractivity contribution < 1.29 is 9.21 Å².